The van der Waals surface area contributed by atoms with E-state index in [2.05, 4.69) is 10.6 Å². The largest absolute Gasteiger partial charge is 0.333 e. The highest BCUT2D eigenvalue weighted by atomic mass is 19.1. The molecule has 4 amide bonds. The van der Waals surface area contributed by atoms with E-state index in [-0.39, 0.29) is 49.1 Å². The van der Waals surface area contributed by atoms with Gasteiger partial charge in [-0.05, 0) is 24.3 Å². The molecular weight excluding hydrogens is 394 g/mol. The van der Waals surface area contributed by atoms with Crippen LogP contribution in [-0.2, 0) is 9.59 Å². The van der Waals surface area contributed by atoms with Crippen molar-refractivity contribution in [3.8, 4) is 0 Å². The van der Waals surface area contributed by atoms with Crippen molar-refractivity contribution in [1.29, 1.82) is 0 Å². The van der Waals surface area contributed by atoms with E-state index in [1.807, 2.05) is 0 Å². The van der Waals surface area contributed by atoms with Crippen LogP contribution in [0.4, 0.5) is 25.0 Å². The molecule has 2 aliphatic heterocycles. The van der Waals surface area contributed by atoms with Gasteiger partial charge in [-0.1, -0.05) is 24.3 Å². The number of rotatable bonds is 4. The van der Waals surface area contributed by atoms with Gasteiger partial charge < -0.3 is 20.4 Å². The van der Waals surface area contributed by atoms with Gasteiger partial charge in [0.1, 0.15) is 11.6 Å². The zero-order valence-corrected chi connectivity index (χ0v) is 16.0. The standard InChI is InChI=1S/C21H20F2N4O3/c22-15-5-1-3-7-17(15)26-11-13(9-19(26)28)24-21(30)25-14-10-20(29)27(12-14)18-8-4-2-6-16(18)23/h1-8,13-14H,9-12H2,(H2,24,25,30). The Morgan fingerprint density at radius 1 is 0.767 bits per heavy atom. The summed E-state index contributed by atoms with van der Waals surface area (Å²) in [5.41, 5.74) is 0.350. The first kappa shape index (κ1) is 19.8. The summed E-state index contributed by atoms with van der Waals surface area (Å²) < 4.78 is 27.9. The number of para-hydroxylation sites is 2. The van der Waals surface area contributed by atoms with Crippen molar-refractivity contribution in [2.24, 2.45) is 0 Å². The molecule has 2 atom stereocenters. The molecule has 2 saturated heterocycles. The summed E-state index contributed by atoms with van der Waals surface area (Å²) in [4.78, 5) is 39.4. The van der Waals surface area contributed by atoms with Crippen LogP contribution in [0.3, 0.4) is 0 Å². The van der Waals surface area contributed by atoms with Crippen LogP contribution >= 0.6 is 0 Å². The number of hydrogen-bond acceptors (Lipinski definition) is 3. The number of hydrogen-bond donors (Lipinski definition) is 2. The summed E-state index contributed by atoms with van der Waals surface area (Å²) in [6.07, 6.45) is 0.0966. The molecule has 2 heterocycles. The van der Waals surface area contributed by atoms with Gasteiger partial charge in [0, 0.05) is 25.9 Å². The van der Waals surface area contributed by atoms with Crippen LogP contribution < -0.4 is 20.4 Å². The Balaban J connectivity index is 1.33. The van der Waals surface area contributed by atoms with Crippen LogP contribution in [0, 0.1) is 11.6 Å². The predicted molar refractivity (Wildman–Crippen MR) is 106 cm³/mol. The summed E-state index contributed by atoms with van der Waals surface area (Å²) in [6, 6.07) is 10.4. The lowest BCUT2D eigenvalue weighted by Gasteiger charge is -2.20. The molecule has 2 N–H and O–H groups in total. The molecule has 9 heteroatoms. The number of carbonyl (C=O) groups excluding carboxylic acids is 3. The highest BCUT2D eigenvalue weighted by Gasteiger charge is 2.35. The fourth-order valence-corrected chi connectivity index (χ4v) is 3.83. The van der Waals surface area contributed by atoms with Crippen LogP contribution in [-0.4, -0.2) is 43.0 Å². The van der Waals surface area contributed by atoms with Crippen LogP contribution in [0.2, 0.25) is 0 Å². The predicted octanol–water partition coefficient (Wildman–Crippen LogP) is 2.17. The fraction of sp³-hybridized carbons (Fsp3) is 0.286. The minimum absolute atomic E-state index is 0.0483. The van der Waals surface area contributed by atoms with Gasteiger partial charge in [-0.25, -0.2) is 13.6 Å². The lowest BCUT2D eigenvalue weighted by molar-refractivity contribution is -0.118. The number of benzene rings is 2. The topological polar surface area (TPSA) is 81.8 Å². The summed E-state index contributed by atoms with van der Waals surface area (Å²) in [6.45, 7) is 0.302. The third-order valence-corrected chi connectivity index (χ3v) is 5.21. The monoisotopic (exact) mass is 414 g/mol. The number of nitrogens with one attached hydrogen (secondary N) is 2. The van der Waals surface area contributed by atoms with Crippen LogP contribution in [0.1, 0.15) is 12.8 Å². The average molecular weight is 414 g/mol. The molecule has 0 aliphatic carbocycles. The second kappa shape index (κ2) is 8.10. The minimum atomic E-state index is -0.531. The molecule has 2 aromatic carbocycles. The maximum Gasteiger partial charge on any atom is 0.315 e. The molecular formula is C21H20F2N4O3. The van der Waals surface area contributed by atoms with E-state index in [4.69, 9.17) is 0 Å². The molecule has 0 bridgehead atoms. The molecule has 0 spiro atoms. The normalized spacial score (nSPS) is 21.3. The van der Waals surface area contributed by atoms with Crippen LogP contribution in [0.15, 0.2) is 48.5 Å². The molecule has 30 heavy (non-hydrogen) atoms. The first-order valence-electron chi connectivity index (χ1n) is 9.59. The molecule has 2 unspecified atom stereocenters. The fourth-order valence-electron chi connectivity index (χ4n) is 3.83. The molecule has 2 aliphatic rings. The second-order valence-corrected chi connectivity index (χ2v) is 7.33. The van der Waals surface area contributed by atoms with Crippen molar-refractivity contribution in [2.75, 3.05) is 22.9 Å². The number of nitrogens with zero attached hydrogens (tertiary/aromatic N) is 2. The summed E-state index contributed by atoms with van der Waals surface area (Å²) in [5.74, 6) is -1.58. The first-order valence-corrected chi connectivity index (χ1v) is 9.59. The zero-order valence-electron chi connectivity index (χ0n) is 16.0. The lowest BCUT2D eigenvalue weighted by atomic mass is 10.2. The van der Waals surface area contributed by atoms with E-state index in [9.17, 15) is 23.2 Å². The summed E-state index contributed by atoms with van der Waals surface area (Å²) in [7, 11) is 0. The maximum absolute atomic E-state index is 14.0. The Morgan fingerprint density at radius 2 is 1.17 bits per heavy atom. The molecule has 156 valence electrons. The van der Waals surface area contributed by atoms with Gasteiger partial charge in [0.15, 0.2) is 0 Å². The first-order chi connectivity index (χ1) is 14.4. The smallest absolute Gasteiger partial charge is 0.315 e. The van der Waals surface area contributed by atoms with Gasteiger partial charge in [0.05, 0.1) is 23.5 Å². The Labute approximate surface area is 171 Å². The van der Waals surface area contributed by atoms with Crippen molar-refractivity contribution in [3.63, 3.8) is 0 Å². The van der Waals surface area contributed by atoms with E-state index < -0.39 is 29.7 Å². The third-order valence-electron chi connectivity index (χ3n) is 5.21. The molecule has 7 nitrogen and oxygen atoms in total. The lowest BCUT2D eigenvalue weighted by Crippen LogP contribution is -2.47. The van der Waals surface area contributed by atoms with Gasteiger partial charge in [-0.15, -0.1) is 0 Å². The number of amides is 4. The maximum atomic E-state index is 14.0. The van der Waals surface area contributed by atoms with E-state index in [0.717, 1.165) is 0 Å². The summed E-state index contributed by atoms with van der Waals surface area (Å²) >= 11 is 0. The Kier molecular flexibility index (Phi) is 5.35. The minimum Gasteiger partial charge on any atom is -0.333 e. The molecule has 4 rings (SSSR count). The van der Waals surface area contributed by atoms with E-state index in [1.165, 1.54) is 46.2 Å². The SMILES string of the molecule is O=C(NC1CC(=O)N(c2ccccc2F)C1)NC1CC(=O)N(c2ccccc2F)C1. The molecule has 0 radical (unpaired) electrons. The molecule has 2 aromatic rings. The van der Waals surface area contributed by atoms with Crippen molar-refractivity contribution in [1.82, 2.24) is 10.6 Å². The van der Waals surface area contributed by atoms with Gasteiger partial charge in [0.25, 0.3) is 0 Å². The van der Waals surface area contributed by atoms with Crippen LogP contribution in [0.25, 0.3) is 0 Å². The third kappa shape index (κ3) is 3.96. The number of anilines is 2. The van der Waals surface area contributed by atoms with Gasteiger partial charge in [-0.2, -0.15) is 0 Å². The molecule has 0 aromatic heterocycles. The number of halogens is 2. The Hall–Kier alpha value is -3.49. The van der Waals surface area contributed by atoms with Crippen LogP contribution in [0.5, 0.6) is 0 Å². The van der Waals surface area contributed by atoms with Gasteiger partial charge in [-0.3, -0.25) is 9.59 Å². The zero-order chi connectivity index (χ0) is 21.3. The van der Waals surface area contributed by atoms with E-state index in [1.54, 1.807) is 12.1 Å². The van der Waals surface area contributed by atoms with Crippen molar-refractivity contribution < 1.29 is 23.2 Å². The van der Waals surface area contributed by atoms with E-state index >= 15 is 0 Å². The molecule has 0 saturated carbocycles. The highest BCUT2D eigenvalue weighted by molar-refractivity contribution is 5.98. The van der Waals surface area contributed by atoms with Gasteiger partial charge >= 0.3 is 6.03 Å². The quantitative estimate of drug-likeness (QED) is 0.805. The van der Waals surface area contributed by atoms with E-state index in [0.29, 0.717) is 0 Å². The van der Waals surface area contributed by atoms with Crippen molar-refractivity contribution >= 4 is 29.2 Å². The number of carbonyl (C=O) groups is 3. The average Bonchev–Trinajstić information content (AvgIpc) is 3.24. The summed E-state index contributed by atoms with van der Waals surface area (Å²) in [5, 5.41) is 5.39. The van der Waals surface area contributed by atoms with Crippen molar-refractivity contribution in [2.45, 2.75) is 24.9 Å². The number of urea groups is 1. The Bertz CT molecular complexity index is 922. The second-order valence-electron chi connectivity index (χ2n) is 7.33. The van der Waals surface area contributed by atoms with Gasteiger partial charge in [0.2, 0.25) is 11.8 Å². The Morgan fingerprint density at radius 3 is 1.57 bits per heavy atom. The van der Waals surface area contributed by atoms with Crippen molar-refractivity contribution in [3.05, 3.63) is 60.2 Å². The highest BCUT2D eigenvalue weighted by Crippen LogP contribution is 2.25. The molecule has 2 fully saturated rings.